The van der Waals surface area contributed by atoms with Gasteiger partial charge in [0.15, 0.2) is 0 Å². The molecule has 0 bridgehead atoms. The minimum Gasteiger partial charge on any atom is -0.483 e. The van der Waals surface area contributed by atoms with Crippen molar-refractivity contribution in [2.45, 2.75) is 119 Å². The standard InChI is InChI=1S/C37H47N5O8S/c1-4-49-34(46)39-28-15-9-7-5-6-8-12-24-20-37(24,33(45)41-51(47,48)35(3)18-19-35)40-31(43)29-21-36(22-42(29)32(28)44)17-16-26-25-13-10-11-14-27(25)38-23(2)30(26)50-36/h8,10-14,24,28-29H,4-7,9,15-22H2,1-3H3,(H,39,46)(H,40,43)(H,41,45). The number of carbonyl (C=O) groups excluding carboxylic acids is 4. The monoisotopic (exact) mass is 721 g/mol. The van der Waals surface area contributed by atoms with Crippen LogP contribution in [0, 0.1) is 12.8 Å². The lowest BCUT2D eigenvalue weighted by Gasteiger charge is -2.36. The summed E-state index contributed by atoms with van der Waals surface area (Å²) in [7, 11) is -3.97. The van der Waals surface area contributed by atoms with Crippen molar-refractivity contribution in [1.29, 1.82) is 0 Å². The van der Waals surface area contributed by atoms with E-state index in [-0.39, 0.29) is 26.0 Å². The quantitative estimate of drug-likeness (QED) is 0.389. The number of para-hydroxylation sites is 1. The molecular weight excluding hydrogens is 675 g/mol. The van der Waals surface area contributed by atoms with E-state index in [9.17, 15) is 27.6 Å². The molecule has 5 atom stereocenters. The van der Waals surface area contributed by atoms with E-state index in [1.165, 1.54) is 4.90 Å². The summed E-state index contributed by atoms with van der Waals surface area (Å²) in [4.78, 5) is 61.8. The van der Waals surface area contributed by atoms with Crippen molar-refractivity contribution >= 4 is 44.7 Å². The molecule has 4 heterocycles. The number of pyridine rings is 1. The number of amides is 4. The number of nitrogens with one attached hydrogen (secondary N) is 3. The summed E-state index contributed by atoms with van der Waals surface area (Å²) < 4.78 is 39.5. The lowest BCUT2D eigenvalue weighted by atomic mass is 9.87. The molecule has 1 saturated heterocycles. The summed E-state index contributed by atoms with van der Waals surface area (Å²) in [6.45, 7) is 5.37. The maximum Gasteiger partial charge on any atom is 0.407 e. The van der Waals surface area contributed by atoms with Crippen LogP contribution in [0.1, 0.15) is 89.3 Å². The van der Waals surface area contributed by atoms with Crippen LogP contribution in [0.3, 0.4) is 0 Å². The van der Waals surface area contributed by atoms with Crippen molar-refractivity contribution in [3.05, 3.63) is 47.7 Å². The molecule has 3 N–H and O–H groups in total. The smallest absolute Gasteiger partial charge is 0.407 e. The highest BCUT2D eigenvalue weighted by atomic mass is 32.2. The minimum atomic E-state index is -3.97. The van der Waals surface area contributed by atoms with Crippen LogP contribution in [-0.4, -0.2) is 83.2 Å². The van der Waals surface area contributed by atoms with Crippen LogP contribution >= 0.6 is 0 Å². The first-order valence-electron chi connectivity index (χ1n) is 18.2. The van der Waals surface area contributed by atoms with Gasteiger partial charge < -0.3 is 25.0 Å². The Morgan fingerprint density at radius 1 is 1.12 bits per heavy atom. The minimum absolute atomic E-state index is 0.0753. The maximum atomic E-state index is 14.5. The zero-order valence-corrected chi connectivity index (χ0v) is 30.3. The van der Waals surface area contributed by atoms with Crippen LogP contribution in [0.2, 0.25) is 0 Å². The Balaban J connectivity index is 1.23. The Morgan fingerprint density at radius 3 is 2.67 bits per heavy atom. The van der Waals surface area contributed by atoms with Crippen LogP contribution < -0.4 is 20.1 Å². The van der Waals surface area contributed by atoms with Gasteiger partial charge in [0.25, 0.3) is 5.91 Å². The molecule has 14 heteroatoms. The number of alkyl carbamates (subject to hydrolysis) is 1. The molecule has 13 nitrogen and oxygen atoms in total. The van der Waals surface area contributed by atoms with Gasteiger partial charge in [-0.05, 0) is 78.2 Å². The first kappa shape index (κ1) is 35.2. The molecule has 3 fully saturated rings. The number of hydrogen-bond acceptors (Lipinski definition) is 9. The largest absolute Gasteiger partial charge is 0.483 e. The normalized spacial score (nSPS) is 30.1. The maximum absolute atomic E-state index is 14.5. The van der Waals surface area contributed by atoms with E-state index in [0.717, 1.165) is 29.3 Å². The number of fused-ring (bicyclic) bond motifs is 5. The van der Waals surface area contributed by atoms with Gasteiger partial charge in [-0.3, -0.25) is 19.1 Å². The predicted molar refractivity (Wildman–Crippen MR) is 188 cm³/mol. The third-order valence-corrected chi connectivity index (χ3v) is 13.6. The zero-order chi connectivity index (χ0) is 36.2. The number of aryl methyl sites for hydroxylation is 2. The Labute approximate surface area is 298 Å². The molecule has 51 heavy (non-hydrogen) atoms. The summed E-state index contributed by atoms with van der Waals surface area (Å²) >= 11 is 0. The summed E-state index contributed by atoms with van der Waals surface area (Å²) in [6, 6.07) is 5.86. The summed E-state index contributed by atoms with van der Waals surface area (Å²) in [5, 5.41) is 6.66. The highest BCUT2D eigenvalue weighted by molar-refractivity contribution is 7.91. The first-order chi connectivity index (χ1) is 24.3. The fourth-order valence-electron chi connectivity index (χ4n) is 7.96. The average molecular weight is 722 g/mol. The summed E-state index contributed by atoms with van der Waals surface area (Å²) in [5.74, 6) is -1.56. The van der Waals surface area contributed by atoms with Gasteiger partial charge in [-0.1, -0.05) is 43.2 Å². The van der Waals surface area contributed by atoms with Crippen LogP contribution in [0.5, 0.6) is 5.75 Å². The van der Waals surface area contributed by atoms with E-state index in [1.807, 2.05) is 43.3 Å². The van der Waals surface area contributed by atoms with E-state index in [1.54, 1.807) is 13.8 Å². The van der Waals surface area contributed by atoms with Crippen molar-refractivity contribution in [2.24, 2.45) is 5.92 Å². The highest BCUT2D eigenvalue weighted by Crippen LogP contribution is 2.49. The Kier molecular flexibility index (Phi) is 9.04. The lowest BCUT2D eigenvalue weighted by Crippen LogP contribution is -2.58. The fraction of sp³-hybridized carbons (Fsp3) is 0.595. The molecule has 1 aromatic heterocycles. The zero-order valence-electron chi connectivity index (χ0n) is 29.5. The van der Waals surface area contributed by atoms with Gasteiger partial charge in [-0.15, -0.1) is 0 Å². The Bertz CT molecular complexity index is 1910. The van der Waals surface area contributed by atoms with E-state index < -0.39 is 67.7 Å². The van der Waals surface area contributed by atoms with Crippen molar-refractivity contribution in [2.75, 3.05) is 13.2 Å². The van der Waals surface area contributed by atoms with E-state index in [2.05, 4.69) is 15.4 Å². The number of ether oxygens (including phenoxy) is 2. The second-order valence-corrected chi connectivity index (χ2v) is 17.3. The van der Waals surface area contributed by atoms with Gasteiger partial charge in [0.05, 0.1) is 29.1 Å². The van der Waals surface area contributed by atoms with Gasteiger partial charge in [0.1, 0.15) is 29.0 Å². The average Bonchev–Trinajstić information content (AvgIpc) is 3.98. The van der Waals surface area contributed by atoms with Crippen molar-refractivity contribution < 1.29 is 37.1 Å². The van der Waals surface area contributed by atoms with Crippen LogP contribution in [0.15, 0.2) is 36.4 Å². The highest BCUT2D eigenvalue weighted by Gasteiger charge is 2.64. The van der Waals surface area contributed by atoms with Gasteiger partial charge >= 0.3 is 6.09 Å². The SMILES string of the molecule is CCOC(=O)NC1CCCCCC=CC2CC2(C(=O)NS(=O)(=O)C2(C)CC2)NC(=O)C2CC3(CCc4c(c(C)nc5ccccc45)O3)CN2C1=O. The molecule has 2 aliphatic carbocycles. The van der Waals surface area contributed by atoms with Gasteiger partial charge in [0, 0.05) is 23.3 Å². The van der Waals surface area contributed by atoms with Crippen LogP contribution in [0.4, 0.5) is 4.79 Å². The van der Waals surface area contributed by atoms with Crippen LogP contribution in [0.25, 0.3) is 10.9 Å². The molecule has 0 radical (unpaired) electrons. The van der Waals surface area contributed by atoms with Crippen molar-refractivity contribution in [3.8, 4) is 5.75 Å². The number of allylic oxidation sites excluding steroid dienone is 1. The second-order valence-electron chi connectivity index (χ2n) is 15.1. The Hall–Kier alpha value is -4.20. The third kappa shape index (κ3) is 6.55. The second kappa shape index (κ2) is 13.1. The molecule has 5 aliphatic rings. The summed E-state index contributed by atoms with van der Waals surface area (Å²) in [6.07, 6.45) is 8.87. The molecule has 4 amide bonds. The molecule has 274 valence electrons. The number of hydrogen-bond donors (Lipinski definition) is 3. The molecule has 2 saturated carbocycles. The van der Waals surface area contributed by atoms with Crippen LogP contribution in [-0.2, 0) is 35.6 Å². The molecule has 2 aromatic rings. The van der Waals surface area contributed by atoms with E-state index >= 15 is 0 Å². The lowest BCUT2D eigenvalue weighted by molar-refractivity contribution is -0.141. The number of sulfonamides is 1. The van der Waals surface area contributed by atoms with E-state index in [4.69, 9.17) is 14.5 Å². The number of carbonyl (C=O) groups is 4. The van der Waals surface area contributed by atoms with Crippen molar-refractivity contribution in [1.82, 2.24) is 25.2 Å². The Morgan fingerprint density at radius 2 is 1.90 bits per heavy atom. The predicted octanol–water partition coefficient (Wildman–Crippen LogP) is 3.72. The summed E-state index contributed by atoms with van der Waals surface area (Å²) in [5.41, 5.74) is 0.169. The molecule has 5 unspecified atom stereocenters. The van der Waals surface area contributed by atoms with Crippen molar-refractivity contribution in [3.63, 3.8) is 0 Å². The molecular formula is C37H47N5O8S. The third-order valence-electron chi connectivity index (χ3n) is 11.4. The number of nitrogens with zero attached hydrogens (tertiary/aromatic N) is 2. The number of aromatic nitrogens is 1. The number of benzene rings is 1. The number of rotatable bonds is 5. The molecule has 3 aliphatic heterocycles. The first-order valence-corrected chi connectivity index (χ1v) is 19.7. The fourth-order valence-corrected chi connectivity index (χ4v) is 9.27. The molecule has 1 spiro atoms. The van der Waals surface area contributed by atoms with E-state index in [0.29, 0.717) is 56.4 Å². The molecule has 7 rings (SSSR count). The van der Waals surface area contributed by atoms with Gasteiger partial charge in [-0.25, -0.2) is 18.2 Å². The van der Waals surface area contributed by atoms with Gasteiger partial charge in [0.2, 0.25) is 21.8 Å². The van der Waals surface area contributed by atoms with Gasteiger partial charge in [-0.2, -0.15) is 0 Å². The topological polar surface area (TPSA) is 173 Å². The molecule has 1 aromatic carbocycles.